The summed E-state index contributed by atoms with van der Waals surface area (Å²) in [6, 6.07) is 20.9. The van der Waals surface area contributed by atoms with Crippen LogP contribution in [0.3, 0.4) is 0 Å². The number of amides is 2. The maximum absolute atomic E-state index is 15.1. The van der Waals surface area contributed by atoms with E-state index < -0.39 is 27.6 Å². The van der Waals surface area contributed by atoms with Gasteiger partial charge in [-0.1, -0.05) is 36.4 Å². The zero-order valence-electron chi connectivity index (χ0n) is 25.6. The summed E-state index contributed by atoms with van der Waals surface area (Å²) in [6.45, 7) is 3.46. The van der Waals surface area contributed by atoms with Crippen molar-refractivity contribution in [3.8, 4) is 11.8 Å². The molecule has 0 N–H and O–H groups in total. The summed E-state index contributed by atoms with van der Waals surface area (Å²) >= 11 is 1.49. The van der Waals surface area contributed by atoms with E-state index in [0.29, 0.717) is 22.8 Å². The molecule has 2 aliphatic rings. The highest BCUT2D eigenvalue weighted by atomic mass is 32.2. The molecule has 5 aromatic rings. The lowest BCUT2D eigenvalue weighted by Gasteiger charge is -2.37. The number of aromatic nitrogens is 2. The average molecular weight is 681 g/mol. The van der Waals surface area contributed by atoms with Crippen LogP contribution in [0.25, 0.3) is 10.9 Å². The van der Waals surface area contributed by atoms with Gasteiger partial charge in [0.05, 0.1) is 35.0 Å². The molecule has 1 atom stereocenters. The molecule has 14 heteroatoms. The SMILES string of the molecule is CCOc1ccccc1C1(OC(=O)N2CCN(c3nccs3)CC2)C(=O)N(S(=O)(=O)c2cccc3cccnc23)c2ccc(C#N)cc21. The second kappa shape index (κ2) is 12.3. The Hall–Kier alpha value is -5.52. The van der Waals surface area contributed by atoms with Crippen LogP contribution in [0, 0.1) is 11.3 Å². The number of pyridine rings is 1. The van der Waals surface area contributed by atoms with Gasteiger partial charge in [-0.3, -0.25) is 9.78 Å². The molecule has 7 rings (SSSR count). The molecule has 3 aromatic carbocycles. The number of nitriles is 1. The Labute approximate surface area is 280 Å². The fourth-order valence-corrected chi connectivity index (χ4v) is 8.48. The lowest BCUT2D eigenvalue weighted by molar-refractivity contribution is -0.132. The molecule has 0 aliphatic carbocycles. The third-order valence-corrected chi connectivity index (χ3v) is 10.9. The van der Waals surface area contributed by atoms with Crippen LogP contribution in [-0.2, 0) is 25.2 Å². The van der Waals surface area contributed by atoms with Crippen molar-refractivity contribution < 1.29 is 27.5 Å². The first kappa shape index (κ1) is 31.1. The third kappa shape index (κ3) is 4.99. The Morgan fingerprint density at radius 3 is 2.52 bits per heavy atom. The van der Waals surface area contributed by atoms with E-state index in [1.54, 1.807) is 61.7 Å². The molecule has 242 valence electrons. The van der Waals surface area contributed by atoms with E-state index in [1.807, 2.05) is 5.38 Å². The van der Waals surface area contributed by atoms with Crippen LogP contribution >= 0.6 is 11.3 Å². The molecule has 0 spiro atoms. The molecular formula is C34H28N6O6S2. The fourth-order valence-electron chi connectivity index (χ4n) is 6.15. The first-order valence-electron chi connectivity index (χ1n) is 15.1. The van der Waals surface area contributed by atoms with Crippen LogP contribution in [0.2, 0.25) is 0 Å². The molecule has 0 saturated carbocycles. The molecule has 2 aliphatic heterocycles. The normalized spacial score (nSPS) is 17.7. The molecule has 1 unspecified atom stereocenters. The van der Waals surface area contributed by atoms with Crippen LogP contribution in [0.15, 0.2) is 95.5 Å². The predicted molar refractivity (Wildman–Crippen MR) is 178 cm³/mol. The Kier molecular flexibility index (Phi) is 7.94. The van der Waals surface area contributed by atoms with Gasteiger partial charge in [-0.2, -0.15) is 9.57 Å². The number of nitrogens with zero attached hydrogens (tertiary/aromatic N) is 6. The number of anilines is 2. The standard InChI is InChI=1S/C34H28N6O6S2/c1-2-45-28-10-4-3-9-25(28)34(46-33(42)39-18-16-38(17-19-39)32-37-15-20-47-32)26-21-23(22-35)12-13-27(26)40(31(34)41)48(43,44)29-11-5-7-24-8-6-14-36-30(24)29/h3-15,20-21H,2,16-19H2,1H3. The minimum Gasteiger partial charge on any atom is -0.493 e. The van der Waals surface area contributed by atoms with Crippen molar-refractivity contribution in [2.24, 2.45) is 0 Å². The molecule has 0 radical (unpaired) electrons. The van der Waals surface area contributed by atoms with E-state index in [4.69, 9.17) is 9.47 Å². The minimum absolute atomic E-state index is 0.0187. The maximum Gasteiger partial charge on any atom is 0.411 e. The highest BCUT2D eigenvalue weighted by molar-refractivity contribution is 7.93. The average Bonchev–Trinajstić information content (AvgIpc) is 3.74. The smallest absolute Gasteiger partial charge is 0.411 e. The number of sulfonamides is 1. The Balaban J connectivity index is 1.39. The van der Waals surface area contributed by atoms with Gasteiger partial charge in [0, 0.05) is 54.9 Å². The number of rotatable bonds is 7. The van der Waals surface area contributed by atoms with Crippen molar-refractivity contribution in [1.82, 2.24) is 14.9 Å². The number of carbonyl (C=O) groups is 2. The van der Waals surface area contributed by atoms with Gasteiger partial charge in [0.15, 0.2) is 5.13 Å². The lowest BCUT2D eigenvalue weighted by Crippen LogP contribution is -2.53. The largest absolute Gasteiger partial charge is 0.493 e. The number of benzene rings is 3. The quantitative estimate of drug-likeness (QED) is 0.233. The van der Waals surface area contributed by atoms with Crippen LogP contribution in [0.5, 0.6) is 5.75 Å². The highest BCUT2D eigenvalue weighted by Gasteiger charge is 2.61. The number of para-hydroxylation sites is 2. The zero-order valence-corrected chi connectivity index (χ0v) is 27.3. The number of piperazine rings is 1. The van der Waals surface area contributed by atoms with Gasteiger partial charge in [0.25, 0.3) is 15.9 Å². The first-order valence-corrected chi connectivity index (χ1v) is 17.4. The van der Waals surface area contributed by atoms with Gasteiger partial charge in [0.1, 0.15) is 10.6 Å². The molecule has 48 heavy (non-hydrogen) atoms. The van der Waals surface area contributed by atoms with Crippen molar-refractivity contribution >= 4 is 55.1 Å². The highest BCUT2D eigenvalue weighted by Crippen LogP contribution is 2.52. The molecule has 2 amide bonds. The number of carbonyl (C=O) groups excluding carboxylic acids is 2. The minimum atomic E-state index is -4.66. The summed E-state index contributed by atoms with van der Waals surface area (Å²) < 4.78 is 42.2. The monoisotopic (exact) mass is 680 g/mol. The van der Waals surface area contributed by atoms with E-state index in [-0.39, 0.29) is 58.2 Å². The second-order valence-corrected chi connectivity index (χ2v) is 13.6. The molecule has 1 fully saturated rings. The summed E-state index contributed by atoms with van der Waals surface area (Å²) in [7, 11) is -4.66. The van der Waals surface area contributed by atoms with Gasteiger partial charge in [-0.25, -0.2) is 18.2 Å². The second-order valence-electron chi connectivity index (χ2n) is 11.0. The van der Waals surface area contributed by atoms with Crippen molar-refractivity contribution in [1.29, 1.82) is 5.26 Å². The molecule has 4 heterocycles. The summed E-state index contributed by atoms with van der Waals surface area (Å²) in [5, 5.41) is 13.2. The number of hydrogen-bond donors (Lipinski definition) is 0. The first-order chi connectivity index (χ1) is 23.3. The number of hydrogen-bond acceptors (Lipinski definition) is 11. The van der Waals surface area contributed by atoms with Gasteiger partial charge >= 0.3 is 6.09 Å². The van der Waals surface area contributed by atoms with Crippen LogP contribution in [0.4, 0.5) is 15.6 Å². The van der Waals surface area contributed by atoms with Gasteiger partial charge in [-0.15, -0.1) is 11.3 Å². The topological polar surface area (TPSA) is 146 Å². The predicted octanol–water partition coefficient (Wildman–Crippen LogP) is 4.90. The van der Waals surface area contributed by atoms with Crippen molar-refractivity contribution in [3.63, 3.8) is 0 Å². The third-order valence-electron chi connectivity index (χ3n) is 8.36. The van der Waals surface area contributed by atoms with E-state index in [9.17, 15) is 18.5 Å². The summed E-state index contributed by atoms with van der Waals surface area (Å²) in [5.74, 6) is -0.837. The van der Waals surface area contributed by atoms with E-state index in [2.05, 4.69) is 20.9 Å². The summed E-state index contributed by atoms with van der Waals surface area (Å²) in [6.07, 6.45) is 2.36. The molecule has 12 nitrogen and oxygen atoms in total. The van der Waals surface area contributed by atoms with Crippen LogP contribution in [0.1, 0.15) is 23.6 Å². The molecule has 2 aromatic heterocycles. The molecule has 0 bridgehead atoms. The summed E-state index contributed by atoms with van der Waals surface area (Å²) in [5.41, 5.74) is -1.94. The van der Waals surface area contributed by atoms with Crippen molar-refractivity contribution in [2.75, 3.05) is 42.0 Å². The molecule has 1 saturated heterocycles. The Morgan fingerprint density at radius 1 is 0.979 bits per heavy atom. The number of thiazole rings is 1. The van der Waals surface area contributed by atoms with Gasteiger partial charge < -0.3 is 19.3 Å². The van der Waals surface area contributed by atoms with Crippen LogP contribution in [-0.4, -0.2) is 68.1 Å². The summed E-state index contributed by atoms with van der Waals surface area (Å²) in [4.78, 5) is 41.2. The Bertz CT molecular complexity index is 2190. The molecular weight excluding hydrogens is 653 g/mol. The van der Waals surface area contributed by atoms with Crippen molar-refractivity contribution in [2.45, 2.75) is 17.4 Å². The van der Waals surface area contributed by atoms with Gasteiger partial charge in [-0.05, 0) is 43.3 Å². The van der Waals surface area contributed by atoms with E-state index >= 15 is 4.79 Å². The Morgan fingerprint density at radius 2 is 1.77 bits per heavy atom. The zero-order chi connectivity index (χ0) is 33.5. The lowest BCUT2D eigenvalue weighted by atomic mass is 9.85. The maximum atomic E-state index is 15.1. The van der Waals surface area contributed by atoms with Gasteiger partial charge in [0.2, 0.25) is 5.60 Å². The fraction of sp³-hybridized carbons (Fsp3) is 0.206. The van der Waals surface area contributed by atoms with Crippen LogP contribution < -0.4 is 13.9 Å². The number of fused-ring (bicyclic) bond motifs is 2. The van der Waals surface area contributed by atoms with E-state index in [0.717, 1.165) is 5.13 Å². The number of ether oxygens (including phenoxy) is 2. The van der Waals surface area contributed by atoms with E-state index in [1.165, 1.54) is 46.7 Å². The van der Waals surface area contributed by atoms with Crippen molar-refractivity contribution in [3.05, 3.63) is 107 Å².